The number of anilines is 1. The molecule has 0 saturated carbocycles. The number of ketones is 1. The maximum absolute atomic E-state index is 11.8. The number of amides is 2. The summed E-state index contributed by atoms with van der Waals surface area (Å²) in [6.45, 7) is 1.99. The zero-order valence-corrected chi connectivity index (χ0v) is 9.90. The molecule has 0 radical (unpaired) electrons. The van der Waals surface area contributed by atoms with Crippen LogP contribution in [-0.2, 0) is 9.59 Å². The Hall–Kier alpha value is -2.21. The van der Waals surface area contributed by atoms with Crippen molar-refractivity contribution in [3.63, 3.8) is 0 Å². The number of rotatable bonds is 3. The van der Waals surface area contributed by atoms with Gasteiger partial charge in [0.05, 0.1) is 11.3 Å². The van der Waals surface area contributed by atoms with Crippen molar-refractivity contribution in [2.24, 2.45) is 5.84 Å². The van der Waals surface area contributed by atoms with Gasteiger partial charge in [-0.2, -0.15) is 0 Å². The SMILES string of the molecule is Cc1ccc2c(c1)C(=O)C(=O)N2CCC(=O)NN. The van der Waals surface area contributed by atoms with Crippen LogP contribution in [0.4, 0.5) is 5.69 Å². The maximum Gasteiger partial charge on any atom is 0.299 e. The van der Waals surface area contributed by atoms with Gasteiger partial charge in [0, 0.05) is 13.0 Å². The summed E-state index contributed by atoms with van der Waals surface area (Å²) >= 11 is 0. The van der Waals surface area contributed by atoms with Gasteiger partial charge in [0.25, 0.3) is 11.7 Å². The zero-order valence-electron chi connectivity index (χ0n) is 9.90. The maximum atomic E-state index is 11.8. The molecule has 0 aromatic heterocycles. The number of hydrazine groups is 1. The summed E-state index contributed by atoms with van der Waals surface area (Å²) in [7, 11) is 0. The van der Waals surface area contributed by atoms with Crippen LogP contribution in [0.3, 0.4) is 0 Å². The minimum Gasteiger partial charge on any atom is -0.304 e. The van der Waals surface area contributed by atoms with Gasteiger partial charge in [-0.3, -0.25) is 19.8 Å². The first-order chi connectivity index (χ1) is 8.54. The van der Waals surface area contributed by atoms with Crippen molar-refractivity contribution in [3.05, 3.63) is 29.3 Å². The summed E-state index contributed by atoms with van der Waals surface area (Å²) < 4.78 is 0. The van der Waals surface area contributed by atoms with E-state index in [0.29, 0.717) is 11.3 Å². The summed E-state index contributed by atoms with van der Waals surface area (Å²) in [5.41, 5.74) is 3.85. The lowest BCUT2D eigenvalue weighted by Crippen LogP contribution is -2.36. The lowest BCUT2D eigenvalue weighted by Gasteiger charge is -2.15. The number of nitrogens with two attached hydrogens (primary N) is 1. The van der Waals surface area contributed by atoms with E-state index in [1.54, 1.807) is 12.1 Å². The van der Waals surface area contributed by atoms with Gasteiger partial charge in [0.1, 0.15) is 0 Å². The van der Waals surface area contributed by atoms with Crippen molar-refractivity contribution >= 4 is 23.3 Å². The third-order valence-electron chi connectivity index (χ3n) is 2.85. The highest BCUT2D eigenvalue weighted by Gasteiger charge is 2.35. The fourth-order valence-electron chi connectivity index (χ4n) is 1.92. The van der Waals surface area contributed by atoms with Crippen molar-refractivity contribution in [1.29, 1.82) is 0 Å². The Morgan fingerprint density at radius 1 is 1.39 bits per heavy atom. The van der Waals surface area contributed by atoms with Crippen LogP contribution in [0.1, 0.15) is 22.3 Å². The Morgan fingerprint density at radius 2 is 2.11 bits per heavy atom. The van der Waals surface area contributed by atoms with Gasteiger partial charge in [0.15, 0.2) is 0 Å². The average molecular weight is 247 g/mol. The molecule has 0 spiro atoms. The Balaban J connectivity index is 2.26. The largest absolute Gasteiger partial charge is 0.304 e. The molecule has 1 heterocycles. The van der Waals surface area contributed by atoms with E-state index in [9.17, 15) is 14.4 Å². The fourth-order valence-corrected chi connectivity index (χ4v) is 1.92. The van der Waals surface area contributed by atoms with Crippen molar-refractivity contribution in [2.45, 2.75) is 13.3 Å². The normalized spacial score (nSPS) is 13.8. The predicted molar refractivity (Wildman–Crippen MR) is 64.8 cm³/mol. The van der Waals surface area contributed by atoms with E-state index < -0.39 is 11.7 Å². The highest BCUT2D eigenvalue weighted by molar-refractivity contribution is 6.52. The van der Waals surface area contributed by atoms with Gasteiger partial charge in [-0.15, -0.1) is 0 Å². The van der Waals surface area contributed by atoms with E-state index in [0.717, 1.165) is 5.56 Å². The topological polar surface area (TPSA) is 92.5 Å². The number of hydrogen-bond donors (Lipinski definition) is 2. The number of benzene rings is 1. The molecule has 6 heteroatoms. The molecule has 1 aliphatic rings. The fraction of sp³-hybridized carbons (Fsp3) is 0.250. The number of hydrogen-bond acceptors (Lipinski definition) is 4. The number of nitrogens with one attached hydrogen (secondary N) is 1. The van der Waals surface area contributed by atoms with E-state index >= 15 is 0 Å². The molecule has 1 aromatic rings. The average Bonchev–Trinajstić information content (AvgIpc) is 2.60. The second kappa shape index (κ2) is 4.58. The summed E-state index contributed by atoms with van der Waals surface area (Å²) in [5, 5.41) is 0. The first-order valence-electron chi connectivity index (χ1n) is 5.51. The molecule has 2 rings (SSSR count). The number of fused-ring (bicyclic) bond motifs is 1. The molecular formula is C12H13N3O3. The second-order valence-corrected chi connectivity index (χ2v) is 4.12. The Morgan fingerprint density at radius 3 is 2.78 bits per heavy atom. The Labute approximate surface area is 104 Å². The zero-order chi connectivity index (χ0) is 13.3. The molecule has 3 N–H and O–H groups in total. The predicted octanol–water partition coefficient (Wildman–Crippen LogP) is -0.0957. The quantitative estimate of drug-likeness (QED) is 0.338. The highest BCUT2D eigenvalue weighted by atomic mass is 16.2. The van der Waals surface area contributed by atoms with E-state index in [4.69, 9.17) is 5.84 Å². The standard InChI is InChI=1S/C12H13N3O3/c1-7-2-3-9-8(6-7)11(17)12(18)15(9)5-4-10(16)14-13/h2-3,6H,4-5,13H2,1H3,(H,14,16). The third-order valence-corrected chi connectivity index (χ3v) is 2.85. The van der Waals surface area contributed by atoms with Gasteiger partial charge in [0.2, 0.25) is 5.91 Å². The molecule has 2 amide bonds. The highest BCUT2D eigenvalue weighted by Crippen LogP contribution is 2.29. The van der Waals surface area contributed by atoms with Gasteiger partial charge in [-0.1, -0.05) is 11.6 Å². The van der Waals surface area contributed by atoms with Gasteiger partial charge >= 0.3 is 0 Å². The van der Waals surface area contributed by atoms with Crippen molar-refractivity contribution in [1.82, 2.24) is 5.43 Å². The number of nitrogens with zero attached hydrogens (tertiary/aromatic N) is 1. The van der Waals surface area contributed by atoms with E-state index in [2.05, 4.69) is 0 Å². The molecule has 0 atom stereocenters. The molecule has 0 bridgehead atoms. The summed E-state index contributed by atoms with van der Waals surface area (Å²) in [4.78, 5) is 35.9. The van der Waals surface area contributed by atoms with Crippen LogP contribution in [0.15, 0.2) is 18.2 Å². The minimum atomic E-state index is -0.597. The van der Waals surface area contributed by atoms with Crippen LogP contribution in [0.5, 0.6) is 0 Å². The van der Waals surface area contributed by atoms with Crippen LogP contribution in [0, 0.1) is 6.92 Å². The first kappa shape index (κ1) is 12.3. The lowest BCUT2D eigenvalue weighted by atomic mass is 10.1. The van der Waals surface area contributed by atoms with Gasteiger partial charge in [-0.25, -0.2) is 5.84 Å². The summed E-state index contributed by atoms with van der Waals surface area (Å²) in [5.74, 6) is 3.46. The Kier molecular flexibility index (Phi) is 3.12. The molecule has 0 unspecified atom stereocenters. The van der Waals surface area contributed by atoms with Gasteiger partial charge < -0.3 is 4.90 Å². The van der Waals surface area contributed by atoms with Crippen LogP contribution in [-0.4, -0.2) is 24.1 Å². The third kappa shape index (κ3) is 1.98. The van der Waals surface area contributed by atoms with Crippen molar-refractivity contribution in [3.8, 4) is 0 Å². The molecule has 6 nitrogen and oxygen atoms in total. The molecule has 0 saturated heterocycles. The summed E-state index contributed by atoms with van der Waals surface area (Å²) in [6, 6.07) is 5.22. The van der Waals surface area contributed by atoms with E-state index in [-0.39, 0.29) is 18.9 Å². The van der Waals surface area contributed by atoms with Crippen LogP contribution < -0.4 is 16.2 Å². The molecular weight excluding hydrogens is 234 g/mol. The molecule has 94 valence electrons. The molecule has 0 fully saturated rings. The minimum absolute atomic E-state index is 0.0584. The van der Waals surface area contributed by atoms with E-state index in [1.165, 1.54) is 4.90 Å². The Bertz CT molecular complexity index is 539. The monoisotopic (exact) mass is 247 g/mol. The molecule has 1 aliphatic heterocycles. The lowest BCUT2D eigenvalue weighted by molar-refractivity contribution is -0.121. The number of Topliss-reactive ketones (excluding diaryl/α,β-unsaturated/α-hetero) is 1. The summed E-state index contributed by atoms with van der Waals surface area (Å²) in [6.07, 6.45) is 0.0584. The van der Waals surface area contributed by atoms with Crippen LogP contribution in [0.2, 0.25) is 0 Å². The van der Waals surface area contributed by atoms with E-state index in [1.807, 2.05) is 18.4 Å². The van der Waals surface area contributed by atoms with Crippen molar-refractivity contribution in [2.75, 3.05) is 11.4 Å². The number of carbonyl (C=O) groups excluding carboxylic acids is 3. The first-order valence-corrected chi connectivity index (χ1v) is 5.51. The molecule has 0 aliphatic carbocycles. The number of aryl methyl sites for hydroxylation is 1. The molecule has 18 heavy (non-hydrogen) atoms. The molecule has 1 aromatic carbocycles. The second-order valence-electron chi connectivity index (χ2n) is 4.12. The van der Waals surface area contributed by atoms with Gasteiger partial charge in [-0.05, 0) is 19.1 Å². The van der Waals surface area contributed by atoms with Crippen molar-refractivity contribution < 1.29 is 14.4 Å². The smallest absolute Gasteiger partial charge is 0.299 e. The van der Waals surface area contributed by atoms with Crippen LogP contribution in [0.25, 0.3) is 0 Å². The number of carbonyl (C=O) groups is 3. The van der Waals surface area contributed by atoms with Crippen LogP contribution >= 0.6 is 0 Å².